The lowest BCUT2D eigenvalue weighted by atomic mass is 10.2. The van der Waals surface area contributed by atoms with Crippen molar-refractivity contribution in [1.82, 2.24) is 34.4 Å². The molecule has 11 nitrogen and oxygen atoms in total. The number of hydrogen-bond donors (Lipinski definition) is 3. The molecule has 0 spiro atoms. The van der Waals surface area contributed by atoms with Crippen LogP contribution in [-0.2, 0) is 13.1 Å². The van der Waals surface area contributed by atoms with E-state index in [9.17, 15) is 33.0 Å². The molecule has 0 bridgehead atoms. The topological polar surface area (TPSA) is 140 Å². The summed E-state index contributed by atoms with van der Waals surface area (Å²) in [7, 11) is 0. The normalized spacial score (nSPS) is 15.1. The summed E-state index contributed by atoms with van der Waals surface area (Å²) < 4.78 is 42.2. The molecule has 5 rings (SSSR count). The monoisotopic (exact) mass is 611 g/mol. The number of aromatic nitrogens is 6. The van der Waals surface area contributed by atoms with Gasteiger partial charge in [0.2, 0.25) is 5.82 Å². The molecule has 41 heavy (non-hydrogen) atoms. The van der Waals surface area contributed by atoms with Crippen LogP contribution in [0.2, 0.25) is 10.0 Å². The van der Waals surface area contributed by atoms with E-state index in [0.29, 0.717) is 28.1 Å². The Labute approximate surface area is 239 Å². The first-order chi connectivity index (χ1) is 19.3. The van der Waals surface area contributed by atoms with Crippen LogP contribution in [0.3, 0.4) is 0 Å². The van der Waals surface area contributed by atoms with Crippen molar-refractivity contribution in [3.8, 4) is 17.1 Å². The molecule has 0 radical (unpaired) electrons. The molecule has 4 aromatic rings. The van der Waals surface area contributed by atoms with Crippen molar-refractivity contribution in [2.75, 3.05) is 6.54 Å². The summed E-state index contributed by atoms with van der Waals surface area (Å²) in [6, 6.07) is 12.4. The number of hydrogen-bond acceptors (Lipinski definition) is 7. The van der Waals surface area contributed by atoms with Crippen molar-refractivity contribution in [3.63, 3.8) is 0 Å². The molecule has 2 aromatic carbocycles. The van der Waals surface area contributed by atoms with E-state index in [0.717, 1.165) is 4.68 Å². The number of carbonyl (C=O) groups excluding carboxylic acids is 1. The summed E-state index contributed by atoms with van der Waals surface area (Å²) in [5, 5.41) is 31.5. The van der Waals surface area contributed by atoms with Gasteiger partial charge in [-0.1, -0.05) is 35.3 Å². The van der Waals surface area contributed by atoms with E-state index in [2.05, 4.69) is 20.5 Å². The molecule has 216 valence electrons. The van der Waals surface area contributed by atoms with Gasteiger partial charge in [0.15, 0.2) is 17.8 Å². The summed E-state index contributed by atoms with van der Waals surface area (Å²) in [6.07, 6.45) is -6.73. The van der Waals surface area contributed by atoms with Crippen LogP contribution in [0, 0.1) is 0 Å². The molecule has 0 unspecified atom stereocenters. The van der Waals surface area contributed by atoms with Gasteiger partial charge in [0, 0.05) is 17.1 Å². The first-order valence-electron chi connectivity index (χ1n) is 12.2. The van der Waals surface area contributed by atoms with Crippen molar-refractivity contribution in [1.29, 1.82) is 0 Å². The van der Waals surface area contributed by atoms with Crippen LogP contribution in [0.15, 0.2) is 53.3 Å². The summed E-state index contributed by atoms with van der Waals surface area (Å²) in [6.45, 7) is -1.55. The average molecular weight is 612 g/mol. The van der Waals surface area contributed by atoms with Crippen molar-refractivity contribution < 1.29 is 28.2 Å². The van der Waals surface area contributed by atoms with Crippen LogP contribution in [0.4, 0.5) is 13.2 Å². The minimum Gasteiger partial charge on any atom is -0.388 e. The fourth-order valence-electron chi connectivity index (χ4n) is 3.94. The van der Waals surface area contributed by atoms with Crippen LogP contribution in [-0.4, -0.2) is 69.7 Å². The second kappa shape index (κ2) is 10.9. The second-order valence-electron chi connectivity index (χ2n) is 9.56. The standard InChI is InChI=1S/C25H22Cl2F3N7O4/c26-15-7-5-14(6-8-15)20-34-36(23(40)35(20)11-18(38)25(28,29)30)12-19-32-21(22(39)31-13-24(41)9-10-24)37(33-19)17-4-2-1-3-16(17)27/h1-8,18,38,41H,9-13H2,(H,31,39)/t18-/m0/s1. The molecule has 2 aromatic heterocycles. The van der Waals surface area contributed by atoms with Gasteiger partial charge in [-0.25, -0.2) is 19.1 Å². The first-order valence-corrected chi connectivity index (χ1v) is 13.0. The molecule has 16 heteroatoms. The zero-order valence-electron chi connectivity index (χ0n) is 21.0. The van der Waals surface area contributed by atoms with Crippen LogP contribution in [0.5, 0.6) is 0 Å². The predicted octanol–water partition coefficient (Wildman–Crippen LogP) is 2.83. The van der Waals surface area contributed by atoms with Crippen LogP contribution in [0.25, 0.3) is 17.1 Å². The lowest BCUT2D eigenvalue weighted by molar-refractivity contribution is -0.207. The Kier molecular flexibility index (Phi) is 7.68. The highest BCUT2D eigenvalue weighted by Crippen LogP contribution is 2.34. The predicted molar refractivity (Wildman–Crippen MR) is 141 cm³/mol. The van der Waals surface area contributed by atoms with Gasteiger partial charge in [0.1, 0.15) is 6.54 Å². The van der Waals surface area contributed by atoms with Gasteiger partial charge < -0.3 is 15.5 Å². The van der Waals surface area contributed by atoms with Crippen LogP contribution < -0.4 is 11.0 Å². The number of carbonyl (C=O) groups is 1. The highest BCUT2D eigenvalue weighted by molar-refractivity contribution is 6.32. The van der Waals surface area contributed by atoms with E-state index in [1.165, 1.54) is 28.9 Å². The highest BCUT2D eigenvalue weighted by Gasteiger charge is 2.41. The SMILES string of the molecule is O=C(NCC1(O)CC1)c1nc(Cn2nc(-c3ccc(Cl)cc3)n(C[C@H](O)C(F)(F)F)c2=O)nn1-c1ccccc1Cl. The van der Waals surface area contributed by atoms with Gasteiger partial charge in [-0.3, -0.25) is 9.36 Å². The molecule has 1 fully saturated rings. The number of para-hydroxylation sites is 1. The summed E-state index contributed by atoms with van der Waals surface area (Å²) in [4.78, 5) is 30.5. The maximum absolute atomic E-state index is 13.2. The van der Waals surface area contributed by atoms with Crippen molar-refractivity contribution >= 4 is 29.1 Å². The quantitative estimate of drug-likeness (QED) is 0.264. The lowest BCUT2D eigenvalue weighted by Gasteiger charge is -2.15. The first kappa shape index (κ1) is 28.8. The van der Waals surface area contributed by atoms with Crippen molar-refractivity contribution in [3.05, 3.63) is 80.7 Å². The molecule has 2 heterocycles. The van der Waals surface area contributed by atoms with Crippen LogP contribution in [0.1, 0.15) is 29.3 Å². The molecule has 1 saturated carbocycles. The smallest absolute Gasteiger partial charge is 0.388 e. The van der Waals surface area contributed by atoms with Crippen molar-refractivity contribution in [2.45, 2.75) is 43.8 Å². The third-order valence-corrected chi connectivity index (χ3v) is 6.96. The minimum absolute atomic E-state index is 0.00754. The molecule has 1 aliphatic rings. The number of aliphatic hydroxyl groups is 2. The molecule has 3 N–H and O–H groups in total. The Morgan fingerprint density at radius 2 is 1.78 bits per heavy atom. The molecule has 1 amide bonds. The maximum Gasteiger partial charge on any atom is 0.416 e. The summed E-state index contributed by atoms with van der Waals surface area (Å²) in [5.74, 6) is -1.10. The molecular weight excluding hydrogens is 590 g/mol. The van der Waals surface area contributed by atoms with E-state index in [1.54, 1.807) is 24.3 Å². The number of amides is 1. The number of rotatable bonds is 9. The lowest BCUT2D eigenvalue weighted by Crippen LogP contribution is -2.37. The van der Waals surface area contributed by atoms with Crippen LogP contribution >= 0.6 is 23.2 Å². The summed E-state index contributed by atoms with van der Waals surface area (Å²) >= 11 is 12.2. The second-order valence-corrected chi connectivity index (χ2v) is 10.4. The largest absolute Gasteiger partial charge is 0.416 e. The third-order valence-electron chi connectivity index (χ3n) is 6.39. The number of aliphatic hydroxyl groups excluding tert-OH is 1. The fraction of sp³-hybridized carbons (Fsp3) is 0.320. The zero-order chi connectivity index (χ0) is 29.5. The number of nitrogens with one attached hydrogen (secondary N) is 1. The Bertz CT molecular complexity index is 1650. The molecule has 1 aliphatic carbocycles. The number of nitrogens with zero attached hydrogens (tertiary/aromatic N) is 6. The van der Waals surface area contributed by atoms with Gasteiger partial charge in [-0.2, -0.15) is 13.2 Å². The highest BCUT2D eigenvalue weighted by atomic mass is 35.5. The van der Waals surface area contributed by atoms with Gasteiger partial charge >= 0.3 is 11.9 Å². The maximum atomic E-state index is 13.2. The van der Waals surface area contributed by atoms with Gasteiger partial charge in [0.05, 0.1) is 22.9 Å². The van der Waals surface area contributed by atoms with E-state index >= 15 is 0 Å². The number of benzene rings is 2. The average Bonchev–Trinajstić information content (AvgIpc) is 3.39. The Morgan fingerprint density at radius 1 is 1.10 bits per heavy atom. The molecule has 0 saturated heterocycles. The zero-order valence-corrected chi connectivity index (χ0v) is 22.5. The Morgan fingerprint density at radius 3 is 2.41 bits per heavy atom. The van der Waals surface area contributed by atoms with Crippen molar-refractivity contribution in [2.24, 2.45) is 0 Å². The fourth-order valence-corrected chi connectivity index (χ4v) is 4.28. The summed E-state index contributed by atoms with van der Waals surface area (Å²) in [5.41, 5.74) is -1.38. The number of alkyl halides is 3. The van der Waals surface area contributed by atoms with E-state index < -0.39 is 42.6 Å². The molecule has 0 aliphatic heterocycles. The van der Waals surface area contributed by atoms with Gasteiger partial charge in [-0.15, -0.1) is 10.2 Å². The van der Waals surface area contributed by atoms with E-state index in [-0.39, 0.29) is 34.6 Å². The molecular formula is C25H22Cl2F3N7O4. The van der Waals surface area contributed by atoms with E-state index in [4.69, 9.17) is 23.2 Å². The molecule has 1 atom stereocenters. The Hall–Kier alpha value is -3.72. The van der Waals surface area contributed by atoms with E-state index in [1.807, 2.05) is 0 Å². The minimum atomic E-state index is -4.98. The Balaban J connectivity index is 1.53. The third kappa shape index (κ3) is 6.30. The number of halogens is 5. The van der Waals surface area contributed by atoms with Gasteiger partial charge in [0.25, 0.3) is 5.91 Å². The van der Waals surface area contributed by atoms with Gasteiger partial charge in [-0.05, 0) is 49.2 Å².